The number of aliphatic carboxylic acids is 1. The zero-order chi connectivity index (χ0) is 14.3. The van der Waals surface area contributed by atoms with Gasteiger partial charge in [-0.05, 0) is 20.8 Å². The number of carboxylic acids is 1. The third-order valence-corrected chi connectivity index (χ3v) is 4.45. The summed E-state index contributed by atoms with van der Waals surface area (Å²) in [4.78, 5) is 22.4. The molecule has 0 radical (unpaired) electrons. The van der Waals surface area contributed by atoms with Crippen molar-refractivity contribution in [2.75, 3.05) is 5.75 Å². The van der Waals surface area contributed by atoms with E-state index in [0.29, 0.717) is 11.0 Å². The van der Waals surface area contributed by atoms with E-state index < -0.39 is 23.7 Å². The van der Waals surface area contributed by atoms with Crippen LogP contribution in [0.5, 0.6) is 0 Å². The molecule has 0 heterocycles. The first kappa shape index (κ1) is 17.4. The van der Waals surface area contributed by atoms with E-state index in [1.54, 1.807) is 31.6 Å². The van der Waals surface area contributed by atoms with E-state index in [9.17, 15) is 9.59 Å². The molecule has 1 atom stereocenters. The molecule has 0 rings (SSSR count). The fraction of sp³-hybridized carbons (Fsp3) is 0.818. The van der Waals surface area contributed by atoms with Gasteiger partial charge in [-0.15, -0.1) is 0 Å². The van der Waals surface area contributed by atoms with Gasteiger partial charge in [0.2, 0.25) is 0 Å². The number of nitrogens with one attached hydrogen (secondary N) is 1. The molecule has 2 N–H and O–H groups in total. The summed E-state index contributed by atoms with van der Waals surface area (Å²) < 4.78 is 5.02. The lowest BCUT2D eigenvalue weighted by Crippen LogP contribution is -2.44. The number of ether oxygens (including phenoxy) is 1. The second-order valence-electron chi connectivity index (χ2n) is 4.97. The van der Waals surface area contributed by atoms with Crippen molar-refractivity contribution < 1.29 is 19.4 Å². The first-order valence-electron chi connectivity index (χ1n) is 5.62. The molecular weight excluding hydrogens is 274 g/mol. The molecule has 0 saturated heterocycles. The van der Waals surface area contributed by atoms with Crippen LogP contribution in [0.25, 0.3) is 0 Å². The van der Waals surface area contributed by atoms with Crippen LogP contribution in [0.4, 0.5) is 4.79 Å². The Hall–Kier alpha value is -0.560. The predicted molar refractivity (Wildman–Crippen MR) is 76.0 cm³/mol. The highest BCUT2D eigenvalue weighted by molar-refractivity contribution is 8.76. The maximum Gasteiger partial charge on any atom is 0.408 e. The second kappa shape index (κ2) is 7.78. The van der Waals surface area contributed by atoms with Crippen LogP contribution in [0.2, 0.25) is 0 Å². The van der Waals surface area contributed by atoms with Crippen molar-refractivity contribution in [3.63, 3.8) is 0 Å². The van der Waals surface area contributed by atoms with Crippen molar-refractivity contribution in [1.29, 1.82) is 0 Å². The van der Waals surface area contributed by atoms with Crippen LogP contribution in [0.1, 0.15) is 34.6 Å². The third-order valence-electron chi connectivity index (χ3n) is 1.48. The molecule has 7 heteroatoms. The summed E-state index contributed by atoms with van der Waals surface area (Å²) in [6, 6.07) is -0.934. The molecule has 0 bridgehead atoms. The Morgan fingerprint density at radius 3 is 2.28 bits per heavy atom. The lowest BCUT2D eigenvalue weighted by Gasteiger charge is -2.21. The number of rotatable bonds is 6. The number of carbonyl (C=O) groups excluding carboxylic acids is 1. The van der Waals surface area contributed by atoms with Gasteiger partial charge >= 0.3 is 12.1 Å². The van der Waals surface area contributed by atoms with Gasteiger partial charge in [0.25, 0.3) is 0 Å². The highest BCUT2D eigenvalue weighted by Gasteiger charge is 2.24. The molecule has 0 aliphatic carbocycles. The van der Waals surface area contributed by atoms with Crippen molar-refractivity contribution in [3.8, 4) is 0 Å². The molecule has 1 amide bonds. The van der Waals surface area contributed by atoms with E-state index in [4.69, 9.17) is 9.84 Å². The number of amides is 1. The summed E-state index contributed by atoms with van der Waals surface area (Å²) in [5, 5.41) is 11.8. The highest BCUT2D eigenvalue weighted by atomic mass is 33.1. The average Bonchev–Trinajstić information content (AvgIpc) is 2.12. The minimum Gasteiger partial charge on any atom is -0.480 e. The fourth-order valence-electron chi connectivity index (χ4n) is 0.868. The normalized spacial score (nSPS) is 13.2. The van der Waals surface area contributed by atoms with Crippen LogP contribution in [-0.2, 0) is 9.53 Å². The zero-order valence-corrected chi connectivity index (χ0v) is 13.0. The Morgan fingerprint density at radius 2 is 1.89 bits per heavy atom. The van der Waals surface area contributed by atoms with Crippen LogP contribution in [0.3, 0.4) is 0 Å². The lowest BCUT2D eigenvalue weighted by molar-refractivity contribution is -0.138. The fourth-order valence-corrected chi connectivity index (χ4v) is 3.04. The summed E-state index contributed by atoms with van der Waals surface area (Å²) in [5.74, 6) is -0.755. The van der Waals surface area contributed by atoms with Gasteiger partial charge in [-0.3, -0.25) is 0 Å². The first-order chi connectivity index (χ1) is 8.11. The molecule has 5 nitrogen and oxygen atoms in total. The number of carboxylic acid groups (broad SMARTS) is 1. The van der Waals surface area contributed by atoms with Crippen molar-refractivity contribution in [3.05, 3.63) is 0 Å². The van der Waals surface area contributed by atoms with E-state index in [0.717, 1.165) is 0 Å². The topological polar surface area (TPSA) is 75.6 Å². The SMILES string of the molecule is CC(C)SSCC(NC(=O)OC(C)(C)C)C(=O)O. The molecule has 0 aromatic rings. The number of hydrogen-bond acceptors (Lipinski definition) is 5. The lowest BCUT2D eigenvalue weighted by atomic mass is 10.2. The molecule has 0 aromatic heterocycles. The van der Waals surface area contributed by atoms with E-state index in [1.165, 1.54) is 10.8 Å². The standard InChI is InChI=1S/C11H21NO4S2/c1-7(2)18-17-6-8(9(13)14)12-10(15)16-11(3,4)5/h7-8H,6H2,1-5H3,(H,12,15)(H,13,14). The van der Waals surface area contributed by atoms with Crippen LogP contribution in [0.15, 0.2) is 0 Å². The van der Waals surface area contributed by atoms with E-state index >= 15 is 0 Å². The summed E-state index contributed by atoms with van der Waals surface area (Å²) in [6.07, 6.45) is -0.704. The van der Waals surface area contributed by atoms with Gasteiger partial charge < -0.3 is 15.2 Å². The molecule has 0 spiro atoms. The van der Waals surface area contributed by atoms with E-state index in [1.807, 2.05) is 13.8 Å². The van der Waals surface area contributed by atoms with Crippen LogP contribution in [0, 0.1) is 0 Å². The summed E-state index contributed by atoms with van der Waals surface area (Å²) >= 11 is 0. The minimum atomic E-state index is -1.06. The molecule has 106 valence electrons. The molecule has 0 aliphatic rings. The Labute approximate surface area is 116 Å². The third kappa shape index (κ3) is 9.47. The van der Waals surface area contributed by atoms with E-state index in [-0.39, 0.29) is 0 Å². The largest absolute Gasteiger partial charge is 0.480 e. The Kier molecular flexibility index (Phi) is 7.54. The highest BCUT2D eigenvalue weighted by Crippen LogP contribution is 2.26. The van der Waals surface area contributed by atoms with Crippen LogP contribution < -0.4 is 5.32 Å². The van der Waals surface area contributed by atoms with Gasteiger partial charge in [-0.1, -0.05) is 35.4 Å². The Morgan fingerprint density at radius 1 is 1.33 bits per heavy atom. The first-order valence-corrected chi connectivity index (χ1v) is 8.00. The number of hydrogen-bond donors (Lipinski definition) is 2. The van der Waals surface area contributed by atoms with Crippen LogP contribution >= 0.6 is 21.6 Å². The predicted octanol–water partition coefficient (Wildman–Crippen LogP) is 2.75. The van der Waals surface area contributed by atoms with Gasteiger partial charge in [-0.2, -0.15) is 0 Å². The monoisotopic (exact) mass is 295 g/mol. The maximum atomic E-state index is 11.5. The Balaban J connectivity index is 4.19. The van der Waals surface area contributed by atoms with Crippen molar-refractivity contribution in [2.45, 2.75) is 51.5 Å². The number of alkyl carbamates (subject to hydrolysis) is 1. The Bertz CT molecular complexity index is 289. The van der Waals surface area contributed by atoms with Gasteiger partial charge in [0.15, 0.2) is 0 Å². The van der Waals surface area contributed by atoms with Gasteiger partial charge in [0, 0.05) is 11.0 Å². The molecular formula is C11H21NO4S2. The van der Waals surface area contributed by atoms with E-state index in [2.05, 4.69) is 5.32 Å². The van der Waals surface area contributed by atoms with Gasteiger partial charge in [-0.25, -0.2) is 9.59 Å². The molecule has 0 aliphatic heterocycles. The zero-order valence-electron chi connectivity index (χ0n) is 11.4. The molecule has 0 saturated carbocycles. The number of carbonyl (C=O) groups is 2. The van der Waals surface area contributed by atoms with Crippen molar-refractivity contribution in [1.82, 2.24) is 5.32 Å². The molecule has 18 heavy (non-hydrogen) atoms. The van der Waals surface area contributed by atoms with Crippen molar-refractivity contribution in [2.24, 2.45) is 0 Å². The van der Waals surface area contributed by atoms with Gasteiger partial charge in [0.1, 0.15) is 11.6 Å². The van der Waals surface area contributed by atoms with Gasteiger partial charge in [0.05, 0.1) is 0 Å². The molecule has 1 unspecified atom stereocenters. The molecule has 0 fully saturated rings. The van der Waals surface area contributed by atoms with Crippen molar-refractivity contribution >= 4 is 33.7 Å². The second-order valence-corrected chi connectivity index (χ2v) is 7.96. The minimum absolute atomic E-state index is 0.303. The average molecular weight is 295 g/mol. The summed E-state index contributed by atoms with van der Waals surface area (Å²) in [5.41, 5.74) is -0.632. The summed E-state index contributed by atoms with van der Waals surface area (Å²) in [6.45, 7) is 9.23. The summed E-state index contributed by atoms with van der Waals surface area (Å²) in [7, 11) is 3.00. The quantitative estimate of drug-likeness (QED) is 0.734. The van der Waals surface area contributed by atoms with Crippen LogP contribution in [-0.4, -0.2) is 39.8 Å². The maximum absolute atomic E-state index is 11.5. The smallest absolute Gasteiger partial charge is 0.408 e. The molecule has 0 aromatic carbocycles.